The van der Waals surface area contributed by atoms with Crippen LogP contribution in [0.15, 0.2) is 71.4 Å². The molecule has 0 aliphatic rings. The zero-order valence-electron chi connectivity index (χ0n) is 11.6. The summed E-state index contributed by atoms with van der Waals surface area (Å²) in [5, 5.41) is 1.07. The largest absolute Gasteiger partial charge is 0.422 e. The van der Waals surface area contributed by atoms with Gasteiger partial charge in [-0.2, -0.15) is 0 Å². The fourth-order valence-corrected chi connectivity index (χ4v) is 2.73. The third-order valence-corrected chi connectivity index (χ3v) is 3.95. The van der Waals surface area contributed by atoms with Crippen molar-refractivity contribution in [2.75, 3.05) is 0 Å². The second kappa shape index (κ2) is 5.17. The van der Waals surface area contributed by atoms with Crippen LogP contribution >= 0.6 is 15.9 Å². The Morgan fingerprint density at radius 2 is 1.74 bits per heavy atom. The number of aromatic nitrogens is 1. The molecule has 0 saturated carbocycles. The molecular formula is C17H8BrNO4. The van der Waals surface area contributed by atoms with E-state index in [1.54, 1.807) is 42.5 Å². The molecule has 0 amide bonds. The van der Waals surface area contributed by atoms with Crippen LogP contribution < -0.4 is 11.3 Å². The van der Waals surface area contributed by atoms with Gasteiger partial charge in [0.2, 0.25) is 5.89 Å². The number of para-hydroxylation sites is 1. The maximum Gasteiger partial charge on any atom is 0.349 e. The topological polar surface area (TPSA) is 73.3 Å². The number of nitrogens with zero attached hydrogens (tertiary/aromatic N) is 1. The van der Waals surface area contributed by atoms with Crippen LogP contribution in [0.2, 0.25) is 0 Å². The van der Waals surface area contributed by atoms with Gasteiger partial charge in [0.05, 0.1) is 10.9 Å². The quantitative estimate of drug-likeness (QED) is 0.478. The smallest absolute Gasteiger partial charge is 0.349 e. The second-order valence-electron chi connectivity index (χ2n) is 4.95. The zero-order chi connectivity index (χ0) is 16.0. The Labute approximate surface area is 137 Å². The highest BCUT2D eigenvalue weighted by molar-refractivity contribution is 9.10. The van der Waals surface area contributed by atoms with Crippen LogP contribution in [0.4, 0.5) is 0 Å². The normalized spacial score (nSPS) is 11.2. The summed E-state index contributed by atoms with van der Waals surface area (Å²) in [5.74, 6) is -0.0516. The van der Waals surface area contributed by atoms with Gasteiger partial charge in [0.25, 0.3) is 0 Å². The van der Waals surface area contributed by atoms with E-state index in [0.717, 1.165) is 9.86 Å². The van der Waals surface area contributed by atoms with E-state index in [1.807, 2.05) is 6.07 Å². The van der Waals surface area contributed by atoms with Gasteiger partial charge in [-0.3, -0.25) is 0 Å². The number of hydrogen-bond acceptors (Lipinski definition) is 5. The molecule has 0 fully saturated rings. The van der Waals surface area contributed by atoms with Crippen molar-refractivity contribution < 1.29 is 8.83 Å². The molecule has 0 atom stereocenters. The predicted molar refractivity (Wildman–Crippen MR) is 89.5 cm³/mol. The lowest BCUT2D eigenvalue weighted by atomic mass is 10.2. The van der Waals surface area contributed by atoms with Gasteiger partial charge < -0.3 is 8.83 Å². The Bertz CT molecular complexity index is 1180. The van der Waals surface area contributed by atoms with Gasteiger partial charge in [-0.15, -0.1) is 0 Å². The van der Waals surface area contributed by atoms with E-state index in [9.17, 15) is 9.59 Å². The highest BCUT2D eigenvalue weighted by Gasteiger charge is 2.14. The summed E-state index contributed by atoms with van der Waals surface area (Å²) >= 11 is 3.30. The standard InChI is InChI=1S/C17H8BrNO4/c18-10-5-6-13-11(8-10)16(20)23-15(19-13)12-7-9-3-1-2-4-14(9)22-17(12)21/h1-8H. The minimum Gasteiger partial charge on any atom is -0.422 e. The minimum absolute atomic E-state index is 0.0516. The van der Waals surface area contributed by atoms with E-state index in [0.29, 0.717) is 16.5 Å². The predicted octanol–water partition coefficient (Wildman–Crippen LogP) is 3.72. The maximum atomic E-state index is 12.2. The molecule has 2 aromatic carbocycles. The molecule has 4 rings (SSSR count). The summed E-state index contributed by atoms with van der Waals surface area (Å²) < 4.78 is 11.2. The molecule has 2 aromatic heterocycles. The molecule has 0 aliphatic heterocycles. The van der Waals surface area contributed by atoms with E-state index >= 15 is 0 Å². The fourth-order valence-electron chi connectivity index (χ4n) is 2.37. The molecule has 6 heteroatoms. The second-order valence-corrected chi connectivity index (χ2v) is 5.87. The average Bonchev–Trinajstić information content (AvgIpc) is 2.54. The molecule has 0 aliphatic carbocycles. The third-order valence-electron chi connectivity index (χ3n) is 3.46. The van der Waals surface area contributed by atoms with E-state index in [-0.39, 0.29) is 11.5 Å². The summed E-state index contributed by atoms with van der Waals surface area (Å²) in [6.07, 6.45) is 0. The van der Waals surface area contributed by atoms with Gasteiger partial charge in [-0.25, -0.2) is 14.6 Å². The number of fused-ring (bicyclic) bond motifs is 2. The lowest BCUT2D eigenvalue weighted by molar-refractivity contribution is 0.507. The summed E-state index contributed by atoms with van der Waals surface area (Å²) in [4.78, 5) is 28.6. The van der Waals surface area contributed by atoms with Crippen LogP contribution in [0, 0.1) is 0 Å². The van der Waals surface area contributed by atoms with Crippen LogP contribution in [0.5, 0.6) is 0 Å². The molecule has 0 bridgehead atoms. The van der Waals surface area contributed by atoms with Crippen LogP contribution in [0.25, 0.3) is 33.3 Å². The first-order chi connectivity index (χ1) is 11.1. The van der Waals surface area contributed by atoms with Gasteiger partial charge in [0.15, 0.2) is 0 Å². The summed E-state index contributed by atoms with van der Waals surface area (Å²) in [7, 11) is 0. The van der Waals surface area contributed by atoms with Crippen molar-refractivity contribution >= 4 is 37.8 Å². The summed E-state index contributed by atoms with van der Waals surface area (Å²) in [5.41, 5.74) is -0.124. The zero-order valence-corrected chi connectivity index (χ0v) is 13.2. The van der Waals surface area contributed by atoms with Crippen LogP contribution in [-0.4, -0.2) is 4.98 Å². The molecule has 0 saturated heterocycles. The third kappa shape index (κ3) is 2.37. The summed E-state index contributed by atoms with van der Waals surface area (Å²) in [6.45, 7) is 0. The van der Waals surface area contributed by atoms with Crippen LogP contribution in [0.3, 0.4) is 0 Å². The molecule has 0 spiro atoms. The lowest BCUT2D eigenvalue weighted by Crippen LogP contribution is -2.08. The van der Waals surface area contributed by atoms with Crippen molar-refractivity contribution in [2.45, 2.75) is 0 Å². The van der Waals surface area contributed by atoms with Crippen LogP contribution in [-0.2, 0) is 0 Å². The highest BCUT2D eigenvalue weighted by Crippen LogP contribution is 2.21. The van der Waals surface area contributed by atoms with Crippen molar-refractivity contribution in [3.63, 3.8) is 0 Å². The van der Waals surface area contributed by atoms with Gasteiger partial charge in [-0.1, -0.05) is 34.1 Å². The first kappa shape index (κ1) is 13.9. The minimum atomic E-state index is -0.601. The Balaban J connectivity index is 2.02. The number of halogens is 1. The first-order valence-corrected chi connectivity index (χ1v) is 7.55. The highest BCUT2D eigenvalue weighted by atomic mass is 79.9. The Morgan fingerprint density at radius 3 is 2.61 bits per heavy atom. The van der Waals surface area contributed by atoms with Gasteiger partial charge in [0.1, 0.15) is 11.1 Å². The van der Waals surface area contributed by atoms with E-state index in [1.165, 1.54) is 0 Å². The molecule has 2 heterocycles. The monoisotopic (exact) mass is 369 g/mol. The molecule has 4 aromatic rings. The fraction of sp³-hybridized carbons (Fsp3) is 0. The van der Waals surface area contributed by atoms with Crippen LogP contribution in [0.1, 0.15) is 0 Å². The van der Waals surface area contributed by atoms with Gasteiger partial charge in [0, 0.05) is 9.86 Å². The maximum absolute atomic E-state index is 12.2. The van der Waals surface area contributed by atoms with Crippen molar-refractivity contribution in [1.82, 2.24) is 4.98 Å². The molecule has 112 valence electrons. The van der Waals surface area contributed by atoms with Gasteiger partial charge in [-0.05, 0) is 30.3 Å². The number of rotatable bonds is 1. The number of benzene rings is 2. The Hall–Kier alpha value is -2.73. The van der Waals surface area contributed by atoms with Crippen molar-refractivity contribution in [3.8, 4) is 11.5 Å². The summed E-state index contributed by atoms with van der Waals surface area (Å²) in [6, 6.07) is 13.8. The molecule has 23 heavy (non-hydrogen) atoms. The van der Waals surface area contributed by atoms with Crippen molar-refractivity contribution in [1.29, 1.82) is 0 Å². The lowest BCUT2D eigenvalue weighted by Gasteiger charge is -2.02. The molecular weight excluding hydrogens is 362 g/mol. The van der Waals surface area contributed by atoms with E-state index in [4.69, 9.17) is 8.83 Å². The van der Waals surface area contributed by atoms with E-state index < -0.39 is 11.3 Å². The first-order valence-electron chi connectivity index (χ1n) is 6.75. The molecule has 5 nitrogen and oxygen atoms in total. The van der Waals surface area contributed by atoms with Crippen molar-refractivity contribution in [3.05, 3.63) is 73.8 Å². The number of hydrogen-bond donors (Lipinski definition) is 0. The van der Waals surface area contributed by atoms with E-state index in [2.05, 4.69) is 20.9 Å². The molecule has 0 unspecified atom stereocenters. The van der Waals surface area contributed by atoms with Gasteiger partial charge >= 0.3 is 11.3 Å². The Kier molecular flexibility index (Phi) is 3.12. The molecule has 0 radical (unpaired) electrons. The SMILES string of the molecule is O=c1oc2ccccc2cc1-c1nc2ccc(Br)cc2c(=O)o1. The molecule has 0 N–H and O–H groups in total. The van der Waals surface area contributed by atoms with Crippen molar-refractivity contribution in [2.24, 2.45) is 0 Å². The Morgan fingerprint density at radius 1 is 0.913 bits per heavy atom. The average molecular weight is 370 g/mol.